The Morgan fingerprint density at radius 1 is 0.871 bits per heavy atom. The minimum atomic E-state index is -1.33. The third-order valence-corrected chi connectivity index (χ3v) is 12.1. The van der Waals surface area contributed by atoms with Crippen LogP contribution in [0.15, 0.2) is 85.5 Å². The molecule has 8 rings (SSSR count). The highest BCUT2D eigenvalue weighted by atomic mass is 35.5. The van der Waals surface area contributed by atoms with E-state index >= 15 is 0 Å². The summed E-state index contributed by atoms with van der Waals surface area (Å²) in [4.78, 5) is 38.3. The summed E-state index contributed by atoms with van der Waals surface area (Å²) in [7, 11) is 0. The standard InChI is InChI=1S/C46H50Cl2N8O6/c1-3-53-16-18-54(19-17-53)20-25-60-39-13-12-36(31(2)42(39)48)37-28-56(27-32-8-10-34(47)11-9-32)43-41(37)44(51-30-50-43)62-40(45(57)58)26-33-6-4-5-7-38(33)61-29-35-14-15-49-46(52-35)55-21-23-59-24-22-55/h4-15,28,30,40H,3,16-27,29H2,1-2H3,(H,57,58). The maximum absolute atomic E-state index is 13.0. The third kappa shape index (κ3) is 10.2. The summed E-state index contributed by atoms with van der Waals surface area (Å²) in [6.07, 6.45) is 3.74. The van der Waals surface area contributed by atoms with Gasteiger partial charge in [-0.05, 0) is 66.1 Å². The van der Waals surface area contributed by atoms with Gasteiger partial charge >= 0.3 is 5.97 Å². The number of carboxylic acid groups (broad SMARTS) is 1. The van der Waals surface area contributed by atoms with E-state index in [2.05, 4.69) is 31.6 Å². The summed E-state index contributed by atoms with van der Waals surface area (Å²) in [6.45, 7) is 14.0. The Bertz CT molecular complexity index is 2470. The lowest BCUT2D eigenvalue weighted by atomic mass is 10.0. The average molecular weight is 882 g/mol. The monoisotopic (exact) mass is 880 g/mol. The number of benzene rings is 3. The number of likely N-dealkylation sites (N-methyl/N-ethyl adjacent to an activating group) is 1. The molecular formula is C46H50Cl2N8O6. The SMILES string of the molecule is CCN1CCN(CCOc2ccc(-c3cn(Cc4ccc(Cl)cc4)c4ncnc(OC(Cc5ccccc5OCc5ccnc(N6CCOCC6)n5)C(=O)O)c34)c(C)c2Cl)CC1. The van der Waals surface area contributed by atoms with E-state index in [0.29, 0.717) is 89.2 Å². The van der Waals surface area contributed by atoms with Gasteiger partial charge in [0.05, 0.1) is 29.3 Å². The molecule has 16 heteroatoms. The zero-order valence-corrected chi connectivity index (χ0v) is 36.4. The average Bonchev–Trinajstić information content (AvgIpc) is 3.67. The molecule has 1 unspecified atom stereocenters. The Morgan fingerprint density at radius 2 is 1.65 bits per heavy atom. The highest BCUT2D eigenvalue weighted by Crippen LogP contribution is 2.41. The number of rotatable bonds is 17. The Morgan fingerprint density at radius 3 is 2.42 bits per heavy atom. The molecule has 3 aromatic carbocycles. The Balaban J connectivity index is 1.06. The number of para-hydroxylation sites is 1. The third-order valence-electron chi connectivity index (χ3n) is 11.4. The van der Waals surface area contributed by atoms with Crippen LogP contribution in [0.4, 0.5) is 5.95 Å². The van der Waals surface area contributed by atoms with Crippen LogP contribution in [-0.4, -0.2) is 124 Å². The zero-order valence-electron chi connectivity index (χ0n) is 34.9. The lowest BCUT2D eigenvalue weighted by molar-refractivity contribution is -0.145. The number of morpholine rings is 1. The largest absolute Gasteiger partial charge is 0.491 e. The van der Waals surface area contributed by atoms with Gasteiger partial charge in [-0.2, -0.15) is 0 Å². The summed E-state index contributed by atoms with van der Waals surface area (Å²) in [5.74, 6) is 0.701. The first-order chi connectivity index (χ1) is 30.2. The molecule has 62 heavy (non-hydrogen) atoms. The fourth-order valence-corrected chi connectivity index (χ4v) is 8.18. The molecule has 2 saturated heterocycles. The second-order valence-corrected chi connectivity index (χ2v) is 16.2. The molecule has 1 N–H and O–H groups in total. The number of hydrogen-bond donors (Lipinski definition) is 1. The quantitative estimate of drug-likeness (QED) is 0.100. The molecule has 14 nitrogen and oxygen atoms in total. The Kier molecular flexibility index (Phi) is 14.0. The molecule has 0 amide bonds. The molecule has 1 atom stereocenters. The first-order valence-corrected chi connectivity index (χ1v) is 21.7. The summed E-state index contributed by atoms with van der Waals surface area (Å²) >= 11 is 13.3. The van der Waals surface area contributed by atoms with Crippen molar-refractivity contribution in [2.45, 2.75) is 39.5 Å². The van der Waals surface area contributed by atoms with Gasteiger partial charge in [-0.25, -0.2) is 24.7 Å². The van der Waals surface area contributed by atoms with Gasteiger partial charge in [0.2, 0.25) is 17.9 Å². The molecule has 6 aromatic rings. The van der Waals surface area contributed by atoms with E-state index in [1.165, 1.54) is 6.33 Å². The first-order valence-electron chi connectivity index (χ1n) is 20.9. The van der Waals surface area contributed by atoms with Crippen molar-refractivity contribution in [2.24, 2.45) is 0 Å². The van der Waals surface area contributed by atoms with Crippen LogP contribution in [0, 0.1) is 6.92 Å². The number of fused-ring (bicyclic) bond motifs is 1. The van der Waals surface area contributed by atoms with E-state index in [4.69, 9.17) is 52.1 Å². The number of anilines is 1. The molecule has 3 aromatic heterocycles. The van der Waals surface area contributed by atoms with Crippen LogP contribution in [0.1, 0.15) is 29.3 Å². The lowest BCUT2D eigenvalue weighted by Crippen LogP contribution is -2.47. The highest BCUT2D eigenvalue weighted by molar-refractivity contribution is 6.33. The van der Waals surface area contributed by atoms with Gasteiger partial charge in [0.25, 0.3) is 0 Å². The molecule has 0 radical (unpaired) electrons. The highest BCUT2D eigenvalue weighted by Gasteiger charge is 2.27. The summed E-state index contributed by atoms with van der Waals surface area (Å²) in [5.41, 5.74) is 5.24. The zero-order chi connectivity index (χ0) is 43.0. The van der Waals surface area contributed by atoms with Crippen LogP contribution >= 0.6 is 23.2 Å². The van der Waals surface area contributed by atoms with Gasteiger partial charge in [-0.15, -0.1) is 0 Å². The molecule has 324 valence electrons. The van der Waals surface area contributed by atoms with Crippen LogP contribution in [0.3, 0.4) is 0 Å². The molecule has 0 bridgehead atoms. The second kappa shape index (κ2) is 20.1. The predicted molar refractivity (Wildman–Crippen MR) is 239 cm³/mol. The van der Waals surface area contributed by atoms with Crippen LogP contribution in [0.2, 0.25) is 10.0 Å². The van der Waals surface area contributed by atoms with E-state index in [-0.39, 0.29) is 18.9 Å². The molecule has 5 heterocycles. The van der Waals surface area contributed by atoms with Gasteiger partial charge in [0.15, 0.2) is 0 Å². The van der Waals surface area contributed by atoms with E-state index < -0.39 is 12.1 Å². The van der Waals surface area contributed by atoms with Crippen molar-refractivity contribution in [1.82, 2.24) is 34.3 Å². The summed E-state index contributed by atoms with van der Waals surface area (Å²) in [5, 5.41) is 12.3. The van der Waals surface area contributed by atoms with E-state index in [9.17, 15) is 9.90 Å². The molecule has 2 aliphatic heterocycles. The second-order valence-electron chi connectivity index (χ2n) is 15.3. The molecule has 2 aliphatic rings. The van der Waals surface area contributed by atoms with E-state index in [1.807, 2.05) is 78.4 Å². The van der Waals surface area contributed by atoms with Gasteiger partial charge in [0.1, 0.15) is 36.7 Å². The molecule has 2 fully saturated rings. The van der Waals surface area contributed by atoms with Gasteiger partial charge in [0, 0.05) is 81.8 Å². The van der Waals surface area contributed by atoms with Crippen LogP contribution in [0.25, 0.3) is 22.2 Å². The smallest absolute Gasteiger partial charge is 0.345 e. The first kappa shape index (κ1) is 43.2. The van der Waals surface area contributed by atoms with Crippen molar-refractivity contribution in [3.63, 3.8) is 0 Å². The Labute approximate surface area is 370 Å². The van der Waals surface area contributed by atoms with Crippen molar-refractivity contribution < 1.29 is 28.8 Å². The van der Waals surface area contributed by atoms with Crippen molar-refractivity contribution in [1.29, 1.82) is 0 Å². The molecular weight excluding hydrogens is 831 g/mol. The number of halogens is 2. The minimum Gasteiger partial charge on any atom is -0.491 e. The maximum Gasteiger partial charge on any atom is 0.345 e. The number of ether oxygens (including phenoxy) is 4. The van der Waals surface area contributed by atoms with Crippen molar-refractivity contribution >= 4 is 46.2 Å². The topological polar surface area (TPSA) is 140 Å². The Hall–Kier alpha value is -5.51. The van der Waals surface area contributed by atoms with Crippen LogP contribution < -0.4 is 19.1 Å². The van der Waals surface area contributed by atoms with Gasteiger partial charge < -0.3 is 38.4 Å². The fraction of sp³-hybridized carbons (Fsp3) is 0.370. The van der Waals surface area contributed by atoms with Crippen molar-refractivity contribution in [3.05, 3.63) is 118 Å². The van der Waals surface area contributed by atoms with E-state index in [0.717, 1.165) is 61.5 Å². The summed E-state index contributed by atoms with van der Waals surface area (Å²) < 4.78 is 26.4. The minimum absolute atomic E-state index is 0.00813. The number of hydrogen-bond acceptors (Lipinski definition) is 12. The van der Waals surface area contributed by atoms with Crippen molar-refractivity contribution in [2.75, 3.05) is 77.1 Å². The predicted octanol–water partition coefficient (Wildman–Crippen LogP) is 7.06. The number of carboxylic acids is 1. The number of aromatic nitrogens is 5. The maximum atomic E-state index is 13.0. The van der Waals surface area contributed by atoms with Gasteiger partial charge in [-0.1, -0.05) is 66.5 Å². The van der Waals surface area contributed by atoms with Crippen LogP contribution in [0.5, 0.6) is 17.4 Å². The molecule has 0 spiro atoms. The van der Waals surface area contributed by atoms with Gasteiger partial charge in [-0.3, -0.25) is 4.90 Å². The molecule has 0 aliphatic carbocycles. The van der Waals surface area contributed by atoms with Crippen molar-refractivity contribution in [3.8, 4) is 28.5 Å². The fourth-order valence-electron chi connectivity index (χ4n) is 7.83. The van der Waals surface area contributed by atoms with E-state index in [1.54, 1.807) is 12.3 Å². The number of piperazine rings is 1. The van der Waals surface area contributed by atoms with Crippen LogP contribution in [-0.2, 0) is 29.1 Å². The lowest BCUT2D eigenvalue weighted by Gasteiger charge is -2.33. The number of nitrogens with zero attached hydrogens (tertiary/aromatic N) is 8. The normalized spacial score (nSPS) is 15.5. The molecule has 0 saturated carbocycles. The number of aliphatic carboxylic acids is 1. The summed E-state index contributed by atoms with van der Waals surface area (Å²) in [6, 6.07) is 20.6. The number of carbonyl (C=O) groups is 1.